The third kappa shape index (κ3) is 3.54. The summed E-state index contributed by atoms with van der Waals surface area (Å²) in [6.45, 7) is 0. The number of amides is 2. The highest BCUT2D eigenvalue weighted by Gasteiger charge is 2.40. The summed E-state index contributed by atoms with van der Waals surface area (Å²) in [5.74, 6) is -0.0149. The van der Waals surface area contributed by atoms with E-state index >= 15 is 0 Å². The topological polar surface area (TPSA) is 101 Å². The summed E-state index contributed by atoms with van der Waals surface area (Å²) in [5.41, 5.74) is 6.33. The highest BCUT2D eigenvalue weighted by atomic mass is 32.2. The molecule has 1 fully saturated rings. The second-order valence-corrected chi connectivity index (χ2v) is 6.13. The zero-order valence-corrected chi connectivity index (χ0v) is 13.3. The Morgan fingerprint density at radius 2 is 2.04 bits per heavy atom. The standard InChI is InChI=1S/C16H14N4O3S/c17-16(19-18-10-12-7-4-8-23-12)24-13-9-14(21)20(15(13)22)11-5-2-1-3-6-11/h1-8,10,13H,9H2,(H2,17,19)/b18-10+. The number of hydrogen-bond acceptors (Lipinski definition) is 6. The molecule has 3 rings (SSSR count). The number of benzene rings is 1. The van der Waals surface area contributed by atoms with Gasteiger partial charge in [0.2, 0.25) is 11.8 Å². The second-order valence-electron chi connectivity index (χ2n) is 4.91. The number of carbonyl (C=O) groups excluding carboxylic acids is 2. The van der Waals surface area contributed by atoms with Gasteiger partial charge in [-0.25, -0.2) is 4.90 Å². The maximum Gasteiger partial charge on any atom is 0.247 e. The van der Waals surface area contributed by atoms with Crippen LogP contribution in [0.15, 0.2) is 63.3 Å². The van der Waals surface area contributed by atoms with Crippen LogP contribution in [-0.2, 0) is 9.59 Å². The lowest BCUT2D eigenvalue weighted by atomic mass is 10.3. The van der Waals surface area contributed by atoms with Gasteiger partial charge in [0.05, 0.1) is 18.2 Å². The third-order valence-corrected chi connectivity index (χ3v) is 4.24. The van der Waals surface area contributed by atoms with Crippen molar-refractivity contribution in [3.63, 3.8) is 0 Å². The Bertz CT molecular complexity index is 787. The number of thioether (sulfide) groups is 1. The molecule has 8 heteroatoms. The molecule has 1 saturated heterocycles. The maximum absolute atomic E-state index is 12.4. The van der Waals surface area contributed by atoms with Gasteiger partial charge in [-0.2, -0.15) is 5.10 Å². The smallest absolute Gasteiger partial charge is 0.247 e. The molecule has 0 spiro atoms. The number of hydrogen-bond donors (Lipinski definition) is 1. The van der Waals surface area contributed by atoms with E-state index in [2.05, 4.69) is 10.2 Å². The van der Waals surface area contributed by atoms with Crippen LogP contribution in [0.4, 0.5) is 5.69 Å². The average molecular weight is 342 g/mol. The van der Waals surface area contributed by atoms with Crippen LogP contribution in [0, 0.1) is 0 Å². The van der Waals surface area contributed by atoms with Crippen molar-refractivity contribution in [3.05, 3.63) is 54.5 Å². The first-order valence-electron chi connectivity index (χ1n) is 7.13. The van der Waals surface area contributed by atoms with Crippen molar-refractivity contribution < 1.29 is 14.0 Å². The fourth-order valence-electron chi connectivity index (χ4n) is 2.22. The van der Waals surface area contributed by atoms with E-state index < -0.39 is 5.25 Å². The van der Waals surface area contributed by atoms with E-state index in [4.69, 9.17) is 10.2 Å². The third-order valence-electron chi connectivity index (χ3n) is 3.27. The fourth-order valence-corrected chi connectivity index (χ4v) is 3.04. The number of nitrogens with zero attached hydrogens (tertiary/aromatic N) is 3. The number of para-hydroxylation sites is 1. The van der Waals surface area contributed by atoms with E-state index in [0.717, 1.165) is 11.8 Å². The molecule has 2 heterocycles. The van der Waals surface area contributed by atoms with Gasteiger partial charge in [-0.3, -0.25) is 9.59 Å². The minimum atomic E-state index is -0.597. The van der Waals surface area contributed by atoms with Gasteiger partial charge in [-0.05, 0) is 24.3 Å². The quantitative estimate of drug-likeness (QED) is 0.396. The SMILES string of the molecule is N/C(=N/N=C/c1ccco1)SC1CC(=O)N(c2ccccc2)C1=O. The van der Waals surface area contributed by atoms with Crippen LogP contribution < -0.4 is 10.6 Å². The molecule has 1 aromatic carbocycles. The Balaban J connectivity index is 1.65. The van der Waals surface area contributed by atoms with Gasteiger partial charge in [0.15, 0.2) is 5.17 Å². The first kappa shape index (κ1) is 16.0. The molecule has 0 aliphatic carbocycles. The number of imide groups is 1. The molecule has 24 heavy (non-hydrogen) atoms. The minimum Gasteiger partial charge on any atom is -0.463 e. The number of rotatable bonds is 4. The lowest BCUT2D eigenvalue weighted by Crippen LogP contribution is -2.31. The molecule has 0 bridgehead atoms. The zero-order chi connectivity index (χ0) is 16.9. The molecule has 1 aliphatic heterocycles. The summed E-state index contributed by atoms with van der Waals surface area (Å²) in [7, 11) is 0. The van der Waals surface area contributed by atoms with Crippen LogP contribution in [-0.4, -0.2) is 28.4 Å². The molecule has 0 saturated carbocycles. The van der Waals surface area contributed by atoms with Crippen molar-refractivity contribution in [1.29, 1.82) is 0 Å². The van der Waals surface area contributed by atoms with Gasteiger partial charge < -0.3 is 10.2 Å². The second kappa shape index (κ2) is 7.14. The van der Waals surface area contributed by atoms with E-state index in [-0.39, 0.29) is 23.4 Å². The van der Waals surface area contributed by atoms with E-state index in [1.807, 2.05) is 6.07 Å². The van der Waals surface area contributed by atoms with E-state index in [0.29, 0.717) is 11.4 Å². The van der Waals surface area contributed by atoms with Gasteiger partial charge in [0.1, 0.15) is 11.0 Å². The Hall–Kier alpha value is -2.87. The van der Waals surface area contributed by atoms with Gasteiger partial charge in [-0.1, -0.05) is 30.0 Å². The predicted molar refractivity (Wildman–Crippen MR) is 92.9 cm³/mol. The molecule has 2 aromatic rings. The first-order chi connectivity index (χ1) is 11.6. The van der Waals surface area contributed by atoms with Gasteiger partial charge in [0, 0.05) is 6.42 Å². The van der Waals surface area contributed by atoms with Crippen LogP contribution in [0.25, 0.3) is 0 Å². The zero-order valence-electron chi connectivity index (χ0n) is 12.5. The number of carbonyl (C=O) groups is 2. The maximum atomic E-state index is 12.4. The molecule has 2 N–H and O–H groups in total. The average Bonchev–Trinajstić information content (AvgIpc) is 3.17. The Morgan fingerprint density at radius 3 is 2.75 bits per heavy atom. The monoisotopic (exact) mass is 342 g/mol. The Kier molecular flexibility index (Phi) is 4.76. The first-order valence-corrected chi connectivity index (χ1v) is 8.01. The van der Waals surface area contributed by atoms with Crippen molar-refractivity contribution in [2.75, 3.05) is 4.90 Å². The summed E-state index contributed by atoms with van der Waals surface area (Å²) < 4.78 is 5.07. The van der Waals surface area contributed by atoms with Crippen LogP contribution >= 0.6 is 11.8 Å². The predicted octanol–water partition coefficient (Wildman–Crippen LogP) is 1.99. The van der Waals surface area contributed by atoms with Crippen LogP contribution in [0.1, 0.15) is 12.2 Å². The molecule has 1 unspecified atom stereocenters. The van der Waals surface area contributed by atoms with Crippen LogP contribution in [0.2, 0.25) is 0 Å². The van der Waals surface area contributed by atoms with Crippen molar-refractivity contribution in [3.8, 4) is 0 Å². The molecular weight excluding hydrogens is 328 g/mol. The van der Waals surface area contributed by atoms with E-state index in [1.54, 1.807) is 36.4 Å². The fraction of sp³-hybridized carbons (Fsp3) is 0.125. The van der Waals surface area contributed by atoms with Gasteiger partial charge in [-0.15, -0.1) is 5.10 Å². The number of amidine groups is 1. The molecule has 1 atom stereocenters. The van der Waals surface area contributed by atoms with Crippen molar-refractivity contribution >= 4 is 40.6 Å². The summed E-state index contributed by atoms with van der Waals surface area (Å²) >= 11 is 1.03. The Morgan fingerprint density at radius 1 is 1.25 bits per heavy atom. The summed E-state index contributed by atoms with van der Waals surface area (Å²) in [5, 5.41) is 7.11. The molecule has 2 amide bonds. The van der Waals surface area contributed by atoms with Crippen LogP contribution in [0.3, 0.4) is 0 Å². The molecule has 7 nitrogen and oxygen atoms in total. The molecule has 1 aliphatic rings. The van der Waals surface area contributed by atoms with Gasteiger partial charge in [0.25, 0.3) is 0 Å². The summed E-state index contributed by atoms with van der Waals surface area (Å²) in [6, 6.07) is 12.2. The van der Waals surface area contributed by atoms with E-state index in [9.17, 15) is 9.59 Å². The highest BCUT2D eigenvalue weighted by Crippen LogP contribution is 2.29. The minimum absolute atomic E-state index is 0.0799. The Labute approximate surface area is 142 Å². The van der Waals surface area contributed by atoms with Crippen LogP contribution in [0.5, 0.6) is 0 Å². The number of nitrogens with two attached hydrogens (primary N) is 1. The van der Waals surface area contributed by atoms with Crippen molar-refractivity contribution in [2.24, 2.45) is 15.9 Å². The molecule has 1 aromatic heterocycles. The van der Waals surface area contributed by atoms with Crippen molar-refractivity contribution in [2.45, 2.75) is 11.7 Å². The number of anilines is 1. The number of furan rings is 1. The lowest BCUT2D eigenvalue weighted by molar-refractivity contribution is -0.121. The highest BCUT2D eigenvalue weighted by molar-refractivity contribution is 8.14. The largest absolute Gasteiger partial charge is 0.463 e. The molecule has 0 radical (unpaired) electrons. The van der Waals surface area contributed by atoms with Gasteiger partial charge >= 0.3 is 0 Å². The lowest BCUT2D eigenvalue weighted by Gasteiger charge is -2.14. The van der Waals surface area contributed by atoms with Crippen molar-refractivity contribution in [1.82, 2.24) is 0 Å². The molecule has 122 valence electrons. The summed E-state index contributed by atoms with van der Waals surface area (Å²) in [6.07, 6.45) is 3.01. The normalized spacial score (nSPS) is 18.8. The van der Waals surface area contributed by atoms with E-state index in [1.165, 1.54) is 17.4 Å². The molecular formula is C16H14N4O3S. The summed E-state index contributed by atoms with van der Waals surface area (Å²) in [4.78, 5) is 25.7.